The van der Waals surface area contributed by atoms with Gasteiger partial charge in [-0.15, -0.1) is 0 Å². The van der Waals surface area contributed by atoms with Gasteiger partial charge in [-0.2, -0.15) is 0 Å². The van der Waals surface area contributed by atoms with Gasteiger partial charge < -0.3 is 16.2 Å². The summed E-state index contributed by atoms with van der Waals surface area (Å²) in [5.74, 6) is 2.09. The molecule has 4 fully saturated rings. The van der Waals surface area contributed by atoms with Crippen molar-refractivity contribution in [2.75, 3.05) is 0 Å². The van der Waals surface area contributed by atoms with Crippen molar-refractivity contribution >= 4 is 21.8 Å². The normalized spacial score (nSPS) is 46.2. The molecule has 4 rings (SSSR count). The van der Waals surface area contributed by atoms with Crippen LogP contribution in [-0.4, -0.2) is 22.6 Å². The fourth-order valence-electron chi connectivity index (χ4n) is 4.54. The SMILES string of the molecule is N=C(N[C@H]1C2CC3CC1C[C@@](O)(C3)C2)/C(Br)=C\N. The van der Waals surface area contributed by atoms with Gasteiger partial charge in [-0.3, -0.25) is 5.41 Å². The van der Waals surface area contributed by atoms with Gasteiger partial charge in [0.25, 0.3) is 0 Å². The fraction of sp³-hybridized carbons (Fsp3) is 0.769. The summed E-state index contributed by atoms with van der Waals surface area (Å²) in [6.07, 6.45) is 6.60. The number of rotatable bonds is 2. The van der Waals surface area contributed by atoms with Crippen molar-refractivity contribution in [1.82, 2.24) is 5.32 Å². The topological polar surface area (TPSA) is 82.1 Å². The van der Waals surface area contributed by atoms with E-state index in [1.165, 1.54) is 19.0 Å². The predicted octanol–water partition coefficient (Wildman–Crippen LogP) is 1.69. The van der Waals surface area contributed by atoms with E-state index in [4.69, 9.17) is 11.1 Å². The molecule has 0 heterocycles. The van der Waals surface area contributed by atoms with Gasteiger partial charge in [0.05, 0.1) is 10.1 Å². The Balaban J connectivity index is 1.74. The van der Waals surface area contributed by atoms with E-state index >= 15 is 0 Å². The number of nitrogens with two attached hydrogens (primary N) is 1. The third-order valence-electron chi connectivity index (χ3n) is 4.94. The van der Waals surface area contributed by atoms with Crippen LogP contribution in [-0.2, 0) is 0 Å². The van der Waals surface area contributed by atoms with Gasteiger partial charge in [0.15, 0.2) is 0 Å². The fourth-order valence-corrected chi connectivity index (χ4v) is 4.65. The lowest BCUT2D eigenvalue weighted by molar-refractivity contribution is -0.136. The Morgan fingerprint density at radius 3 is 2.44 bits per heavy atom. The Labute approximate surface area is 116 Å². The molecule has 2 unspecified atom stereocenters. The van der Waals surface area contributed by atoms with E-state index in [1.807, 2.05) is 0 Å². The maximum Gasteiger partial charge on any atom is 0.134 e. The van der Waals surface area contributed by atoms with E-state index in [1.54, 1.807) is 0 Å². The summed E-state index contributed by atoms with van der Waals surface area (Å²) in [5, 5.41) is 21.7. The number of aliphatic hydroxyl groups is 1. The molecule has 18 heavy (non-hydrogen) atoms. The van der Waals surface area contributed by atoms with Crippen molar-refractivity contribution in [3.63, 3.8) is 0 Å². The van der Waals surface area contributed by atoms with Crippen molar-refractivity contribution in [3.05, 3.63) is 10.7 Å². The van der Waals surface area contributed by atoms with Crippen molar-refractivity contribution in [2.45, 2.75) is 43.7 Å². The zero-order valence-corrected chi connectivity index (χ0v) is 11.9. The third kappa shape index (κ3) is 1.97. The zero-order chi connectivity index (χ0) is 12.9. The van der Waals surface area contributed by atoms with Gasteiger partial charge in [-0.25, -0.2) is 0 Å². The lowest BCUT2D eigenvalue weighted by Gasteiger charge is -2.58. The first-order chi connectivity index (χ1) is 8.50. The molecule has 2 atom stereocenters. The highest BCUT2D eigenvalue weighted by Crippen LogP contribution is 2.55. The van der Waals surface area contributed by atoms with Crippen LogP contribution in [0, 0.1) is 23.2 Å². The van der Waals surface area contributed by atoms with Crippen molar-refractivity contribution in [3.8, 4) is 0 Å². The minimum absolute atomic E-state index is 0.335. The van der Waals surface area contributed by atoms with Crippen LogP contribution in [0.5, 0.6) is 0 Å². The summed E-state index contributed by atoms with van der Waals surface area (Å²) in [7, 11) is 0. The van der Waals surface area contributed by atoms with Gasteiger partial charge in [-0.05, 0) is 65.8 Å². The van der Waals surface area contributed by atoms with E-state index in [9.17, 15) is 5.11 Å². The Kier molecular flexibility index (Phi) is 2.94. The Hall–Kier alpha value is -0.550. The standard InChI is InChI=1S/C13H20BrN3O/c14-10(6-15)12(16)17-11-8-1-7-2-9(11)5-13(18,3-7)4-8/h6-9,11,18H,1-5,15H2,(H2,16,17)/b10-6+/t7?,8?,9?,11-,13+. The summed E-state index contributed by atoms with van der Waals surface area (Å²) in [6, 6.07) is 0.335. The van der Waals surface area contributed by atoms with E-state index in [0.717, 1.165) is 19.3 Å². The quantitative estimate of drug-likeness (QED) is 0.462. The molecule has 0 amide bonds. The number of hydrogen-bond donors (Lipinski definition) is 4. The van der Waals surface area contributed by atoms with Crippen molar-refractivity contribution in [2.24, 2.45) is 23.5 Å². The van der Waals surface area contributed by atoms with Crippen LogP contribution >= 0.6 is 15.9 Å². The van der Waals surface area contributed by atoms with Crippen LogP contribution in [0.25, 0.3) is 0 Å². The molecular formula is C13H20BrN3O. The van der Waals surface area contributed by atoms with Crippen molar-refractivity contribution in [1.29, 1.82) is 5.41 Å². The highest BCUT2D eigenvalue weighted by atomic mass is 79.9. The lowest BCUT2D eigenvalue weighted by atomic mass is 9.52. The van der Waals surface area contributed by atoms with Crippen LogP contribution in [0.1, 0.15) is 32.1 Å². The van der Waals surface area contributed by atoms with Crippen LogP contribution in [0.15, 0.2) is 10.7 Å². The van der Waals surface area contributed by atoms with Crippen LogP contribution in [0.4, 0.5) is 0 Å². The summed E-state index contributed by atoms with van der Waals surface area (Å²) in [4.78, 5) is 0. The minimum atomic E-state index is -0.405. The maximum absolute atomic E-state index is 10.5. The van der Waals surface area contributed by atoms with Gasteiger partial charge in [0.2, 0.25) is 0 Å². The molecule has 5 N–H and O–H groups in total. The van der Waals surface area contributed by atoms with Crippen LogP contribution in [0.2, 0.25) is 0 Å². The van der Waals surface area contributed by atoms with Gasteiger partial charge >= 0.3 is 0 Å². The first-order valence-corrected chi connectivity index (χ1v) is 7.45. The number of hydrogen-bond acceptors (Lipinski definition) is 3. The summed E-state index contributed by atoms with van der Waals surface area (Å²) < 4.78 is 0.606. The Bertz CT molecular complexity index is 393. The minimum Gasteiger partial charge on any atom is -0.404 e. The first kappa shape index (κ1) is 12.5. The highest BCUT2D eigenvalue weighted by molar-refractivity contribution is 9.12. The monoisotopic (exact) mass is 313 g/mol. The molecule has 0 radical (unpaired) electrons. The summed E-state index contributed by atoms with van der Waals surface area (Å²) in [6.45, 7) is 0. The summed E-state index contributed by atoms with van der Waals surface area (Å²) >= 11 is 3.28. The van der Waals surface area contributed by atoms with Crippen molar-refractivity contribution < 1.29 is 5.11 Å². The van der Waals surface area contributed by atoms with Gasteiger partial charge in [0, 0.05) is 12.2 Å². The molecule has 4 saturated carbocycles. The Morgan fingerprint density at radius 1 is 1.33 bits per heavy atom. The van der Waals surface area contributed by atoms with E-state index in [-0.39, 0.29) is 0 Å². The van der Waals surface area contributed by atoms with Gasteiger partial charge in [-0.1, -0.05) is 0 Å². The van der Waals surface area contributed by atoms with Crippen LogP contribution < -0.4 is 11.1 Å². The molecule has 4 nitrogen and oxygen atoms in total. The molecule has 0 spiro atoms. The second-order valence-corrected chi connectivity index (χ2v) is 7.11. The van der Waals surface area contributed by atoms with E-state index in [0.29, 0.717) is 34.1 Å². The largest absolute Gasteiger partial charge is 0.404 e. The molecule has 0 saturated heterocycles. The molecule has 0 aromatic carbocycles. The molecule has 4 aliphatic carbocycles. The molecule has 4 bridgehead atoms. The van der Waals surface area contributed by atoms with E-state index < -0.39 is 5.60 Å². The average Bonchev–Trinajstić information content (AvgIpc) is 2.30. The number of amidine groups is 1. The molecule has 4 aliphatic rings. The third-order valence-corrected chi connectivity index (χ3v) is 5.60. The molecule has 0 aromatic heterocycles. The molecule has 100 valence electrons. The second kappa shape index (κ2) is 4.23. The highest BCUT2D eigenvalue weighted by Gasteiger charge is 2.54. The smallest absolute Gasteiger partial charge is 0.134 e. The number of halogens is 1. The second-order valence-electron chi connectivity index (χ2n) is 6.25. The number of nitrogens with one attached hydrogen (secondary N) is 2. The molecule has 0 aliphatic heterocycles. The maximum atomic E-state index is 10.5. The van der Waals surface area contributed by atoms with E-state index in [2.05, 4.69) is 21.2 Å². The van der Waals surface area contributed by atoms with Gasteiger partial charge in [0.1, 0.15) is 5.84 Å². The lowest BCUT2D eigenvalue weighted by Crippen LogP contribution is -2.61. The Morgan fingerprint density at radius 2 is 1.94 bits per heavy atom. The van der Waals surface area contributed by atoms with Crippen LogP contribution in [0.3, 0.4) is 0 Å². The molecule has 0 aromatic rings. The first-order valence-electron chi connectivity index (χ1n) is 6.66. The predicted molar refractivity (Wildman–Crippen MR) is 74.4 cm³/mol. The summed E-state index contributed by atoms with van der Waals surface area (Å²) in [5.41, 5.74) is 5.01. The molecular weight excluding hydrogens is 294 g/mol. The average molecular weight is 314 g/mol. The zero-order valence-electron chi connectivity index (χ0n) is 10.3. The molecule has 5 heteroatoms.